The van der Waals surface area contributed by atoms with E-state index >= 15 is 0 Å². The molecule has 0 unspecified atom stereocenters. The van der Waals surface area contributed by atoms with Crippen molar-refractivity contribution in [2.24, 2.45) is 5.41 Å². The lowest BCUT2D eigenvalue weighted by Gasteiger charge is -2.40. The molecule has 0 bridgehead atoms. The number of piperidine rings is 1. The molecule has 0 saturated carbocycles. The highest BCUT2D eigenvalue weighted by atomic mass is 35.5. The second-order valence-corrected chi connectivity index (χ2v) is 8.05. The molecule has 1 aromatic heterocycles. The monoisotopic (exact) mass is 309 g/mol. The predicted molar refractivity (Wildman–Crippen MR) is 90.3 cm³/mol. The zero-order valence-corrected chi connectivity index (χ0v) is 15.0. The fraction of sp³-hybridized carbons (Fsp3) is 0.765. The summed E-state index contributed by atoms with van der Waals surface area (Å²) in [5.74, 6) is 1.86. The topological polar surface area (TPSA) is 29.0 Å². The SMILES string of the molecule is CCC1(C)CCN(c2nc(C(C)(C)C)nc(Cl)c2C)CC1. The molecule has 1 aromatic rings. The number of rotatable bonds is 2. The van der Waals surface area contributed by atoms with Gasteiger partial charge in [0.05, 0.1) is 0 Å². The average molecular weight is 310 g/mol. The maximum Gasteiger partial charge on any atom is 0.137 e. The highest BCUT2D eigenvalue weighted by Gasteiger charge is 2.30. The van der Waals surface area contributed by atoms with Crippen LogP contribution in [-0.4, -0.2) is 23.1 Å². The molecule has 0 amide bonds. The molecule has 1 fully saturated rings. The van der Waals surface area contributed by atoms with Crippen molar-refractivity contribution in [1.82, 2.24) is 9.97 Å². The van der Waals surface area contributed by atoms with Gasteiger partial charge in [-0.25, -0.2) is 9.97 Å². The first kappa shape index (κ1) is 16.5. The molecule has 0 radical (unpaired) electrons. The average Bonchev–Trinajstić information content (AvgIpc) is 2.42. The smallest absolute Gasteiger partial charge is 0.137 e. The molecule has 0 aromatic carbocycles. The Morgan fingerprint density at radius 2 is 1.76 bits per heavy atom. The van der Waals surface area contributed by atoms with Crippen molar-refractivity contribution in [1.29, 1.82) is 0 Å². The fourth-order valence-electron chi connectivity index (χ4n) is 2.73. The predicted octanol–water partition coefficient (Wildman–Crippen LogP) is 4.75. The van der Waals surface area contributed by atoms with Crippen LogP contribution in [0.15, 0.2) is 0 Å². The Labute approximate surface area is 134 Å². The third kappa shape index (κ3) is 3.50. The molecule has 2 heterocycles. The summed E-state index contributed by atoms with van der Waals surface area (Å²) in [6.45, 7) is 15.2. The number of hydrogen-bond donors (Lipinski definition) is 0. The third-order valence-electron chi connectivity index (χ3n) is 4.86. The third-order valence-corrected chi connectivity index (χ3v) is 5.22. The standard InChI is InChI=1S/C17H28ClN3/c1-7-17(6)8-10-21(11-9-17)14-12(2)13(18)19-15(20-14)16(3,4)5/h7-11H2,1-6H3. The summed E-state index contributed by atoms with van der Waals surface area (Å²) in [6.07, 6.45) is 3.68. The van der Waals surface area contributed by atoms with Crippen molar-refractivity contribution in [2.45, 2.75) is 66.2 Å². The summed E-state index contributed by atoms with van der Waals surface area (Å²) in [6, 6.07) is 0. The lowest BCUT2D eigenvalue weighted by atomic mass is 9.78. The van der Waals surface area contributed by atoms with E-state index in [0.29, 0.717) is 10.6 Å². The minimum atomic E-state index is -0.0835. The number of halogens is 1. The summed E-state index contributed by atoms with van der Waals surface area (Å²) in [5.41, 5.74) is 1.40. The van der Waals surface area contributed by atoms with Crippen LogP contribution in [0.2, 0.25) is 5.15 Å². The van der Waals surface area contributed by atoms with E-state index in [1.807, 2.05) is 6.92 Å². The Balaban J connectivity index is 2.30. The second-order valence-electron chi connectivity index (χ2n) is 7.69. The molecule has 0 N–H and O–H groups in total. The molecule has 1 saturated heterocycles. The van der Waals surface area contributed by atoms with E-state index in [-0.39, 0.29) is 5.41 Å². The molecule has 1 aliphatic heterocycles. The molecule has 0 spiro atoms. The van der Waals surface area contributed by atoms with Crippen molar-refractivity contribution in [3.63, 3.8) is 0 Å². The van der Waals surface area contributed by atoms with Crippen molar-refractivity contribution >= 4 is 17.4 Å². The first-order chi connectivity index (χ1) is 9.66. The van der Waals surface area contributed by atoms with E-state index < -0.39 is 0 Å². The molecule has 0 atom stereocenters. The molecule has 4 heteroatoms. The van der Waals surface area contributed by atoms with Gasteiger partial charge in [0.15, 0.2) is 0 Å². The number of hydrogen-bond acceptors (Lipinski definition) is 3. The van der Waals surface area contributed by atoms with Gasteiger partial charge in [0.2, 0.25) is 0 Å². The van der Waals surface area contributed by atoms with Crippen molar-refractivity contribution in [3.05, 3.63) is 16.5 Å². The van der Waals surface area contributed by atoms with Crippen LogP contribution in [0.5, 0.6) is 0 Å². The summed E-state index contributed by atoms with van der Waals surface area (Å²) in [7, 11) is 0. The van der Waals surface area contributed by atoms with Gasteiger partial charge in [-0.15, -0.1) is 0 Å². The summed E-state index contributed by atoms with van der Waals surface area (Å²) < 4.78 is 0. The molecule has 21 heavy (non-hydrogen) atoms. The highest BCUT2D eigenvalue weighted by Crippen LogP contribution is 2.37. The maximum absolute atomic E-state index is 6.35. The van der Waals surface area contributed by atoms with Gasteiger partial charge in [0.1, 0.15) is 16.8 Å². The lowest BCUT2D eigenvalue weighted by molar-refractivity contribution is 0.237. The van der Waals surface area contributed by atoms with E-state index in [1.165, 1.54) is 19.3 Å². The largest absolute Gasteiger partial charge is 0.356 e. The molecule has 1 aliphatic rings. The van der Waals surface area contributed by atoms with Crippen LogP contribution in [-0.2, 0) is 5.41 Å². The van der Waals surface area contributed by atoms with Gasteiger partial charge in [0, 0.05) is 24.1 Å². The van der Waals surface area contributed by atoms with Gasteiger partial charge in [0.25, 0.3) is 0 Å². The Hall–Kier alpha value is -0.830. The summed E-state index contributed by atoms with van der Waals surface area (Å²) >= 11 is 6.35. The Morgan fingerprint density at radius 3 is 2.24 bits per heavy atom. The first-order valence-corrected chi connectivity index (χ1v) is 8.34. The fourth-order valence-corrected chi connectivity index (χ4v) is 2.90. The van der Waals surface area contributed by atoms with E-state index in [1.54, 1.807) is 0 Å². The maximum atomic E-state index is 6.35. The Bertz CT molecular complexity index is 512. The van der Waals surface area contributed by atoms with Crippen LogP contribution in [0.1, 0.15) is 65.3 Å². The Kier molecular flexibility index (Phi) is 4.53. The Morgan fingerprint density at radius 1 is 1.19 bits per heavy atom. The van der Waals surface area contributed by atoms with Crippen LogP contribution in [0.25, 0.3) is 0 Å². The van der Waals surface area contributed by atoms with Gasteiger partial charge < -0.3 is 4.90 Å². The van der Waals surface area contributed by atoms with Gasteiger partial charge in [-0.3, -0.25) is 0 Å². The van der Waals surface area contributed by atoms with Crippen LogP contribution in [0, 0.1) is 12.3 Å². The van der Waals surface area contributed by atoms with E-state index in [4.69, 9.17) is 16.6 Å². The zero-order valence-electron chi connectivity index (χ0n) is 14.3. The molecule has 118 valence electrons. The van der Waals surface area contributed by atoms with Gasteiger partial charge in [-0.05, 0) is 25.2 Å². The van der Waals surface area contributed by atoms with Gasteiger partial charge in [-0.2, -0.15) is 0 Å². The minimum absolute atomic E-state index is 0.0835. The quantitative estimate of drug-likeness (QED) is 0.738. The molecular weight excluding hydrogens is 282 g/mol. The minimum Gasteiger partial charge on any atom is -0.356 e. The van der Waals surface area contributed by atoms with Crippen LogP contribution in [0.3, 0.4) is 0 Å². The molecule has 0 aliphatic carbocycles. The van der Waals surface area contributed by atoms with Crippen molar-refractivity contribution < 1.29 is 0 Å². The first-order valence-electron chi connectivity index (χ1n) is 7.96. The summed E-state index contributed by atoms with van der Waals surface area (Å²) in [4.78, 5) is 11.7. The van der Waals surface area contributed by atoms with Crippen LogP contribution < -0.4 is 4.90 Å². The van der Waals surface area contributed by atoms with Crippen LogP contribution >= 0.6 is 11.6 Å². The number of anilines is 1. The van der Waals surface area contributed by atoms with Gasteiger partial charge >= 0.3 is 0 Å². The van der Waals surface area contributed by atoms with Crippen LogP contribution in [0.4, 0.5) is 5.82 Å². The lowest BCUT2D eigenvalue weighted by Crippen LogP contribution is -2.39. The summed E-state index contributed by atoms with van der Waals surface area (Å²) in [5, 5.41) is 0.591. The second kappa shape index (κ2) is 5.75. The molecular formula is C17H28ClN3. The van der Waals surface area contributed by atoms with Gasteiger partial charge in [-0.1, -0.05) is 52.6 Å². The normalized spacial score (nSPS) is 18.9. The molecule has 2 rings (SSSR count). The van der Waals surface area contributed by atoms with E-state index in [0.717, 1.165) is 30.3 Å². The zero-order chi connectivity index (χ0) is 15.8. The van der Waals surface area contributed by atoms with Crippen molar-refractivity contribution in [2.75, 3.05) is 18.0 Å². The van der Waals surface area contributed by atoms with E-state index in [9.17, 15) is 0 Å². The number of aromatic nitrogens is 2. The highest BCUT2D eigenvalue weighted by molar-refractivity contribution is 6.30. The van der Waals surface area contributed by atoms with E-state index in [2.05, 4.69) is 44.5 Å². The molecule has 3 nitrogen and oxygen atoms in total. The number of nitrogens with zero attached hydrogens (tertiary/aromatic N) is 3. The van der Waals surface area contributed by atoms with Crippen molar-refractivity contribution in [3.8, 4) is 0 Å².